The molecule has 10 rings (SSSR count). The number of carbonyl (C=O) groups is 2. The zero-order valence-corrected chi connectivity index (χ0v) is 31.8. The van der Waals surface area contributed by atoms with E-state index in [2.05, 4.69) is 0 Å². The van der Waals surface area contributed by atoms with Gasteiger partial charge >= 0.3 is 11.9 Å². The van der Waals surface area contributed by atoms with Crippen molar-refractivity contribution in [1.82, 2.24) is 0 Å². The highest BCUT2D eigenvalue weighted by Crippen LogP contribution is 2.51. The van der Waals surface area contributed by atoms with Crippen molar-refractivity contribution in [2.45, 2.75) is 33.4 Å². The predicted molar refractivity (Wildman–Crippen MR) is 207 cm³/mol. The van der Waals surface area contributed by atoms with E-state index >= 15 is 0 Å². The summed E-state index contributed by atoms with van der Waals surface area (Å²) in [6.07, 6.45) is 0. The van der Waals surface area contributed by atoms with E-state index in [0.29, 0.717) is 101 Å². The lowest BCUT2D eigenvalue weighted by Crippen LogP contribution is -2.05. The van der Waals surface area contributed by atoms with Crippen LogP contribution in [0.5, 0.6) is 46.0 Å². The molecular weight excluding hydrogens is 752 g/mol. The zero-order chi connectivity index (χ0) is 40.4. The molecule has 0 saturated carbocycles. The monoisotopic (exact) mass is 788 g/mol. The van der Waals surface area contributed by atoms with Crippen molar-refractivity contribution in [3.8, 4) is 68.2 Å². The molecule has 0 aliphatic carbocycles. The summed E-state index contributed by atoms with van der Waals surface area (Å²) in [6.45, 7) is 1.67. The van der Waals surface area contributed by atoms with Gasteiger partial charge in [0.2, 0.25) is 13.6 Å². The largest absolute Gasteiger partial charge is 0.507 e. The molecule has 296 valence electrons. The number of benzene rings is 6. The number of aryl methyl sites for hydroxylation is 1. The Labute approximate surface area is 330 Å². The first-order valence-corrected chi connectivity index (χ1v) is 18.2. The van der Waals surface area contributed by atoms with Crippen LogP contribution >= 0.6 is 0 Å². The highest BCUT2D eigenvalue weighted by molar-refractivity contribution is 6.16. The number of hydrogen-bond donors (Lipinski definition) is 3. The van der Waals surface area contributed by atoms with Crippen LogP contribution in [0.3, 0.4) is 0 Å². The number of fused-ring (bicyclic) bond motifs is 6. The number of carbonyl (C=O) groups excluding carboxylic acids is 2. The normalized spacial score (nSPS) is 14.2. The summed E-state index contributed by atoms with van der Waals surface area (Å²) >= 11 is 0. The number of methoxy groups -OCH3 is 3. The van der Waals surface area contributed by atoms with Gasteiger partial charge in [-0.15, -0.1) is 0 Å². The molecule has 0 amide bonds. The summed E-state index contributed by atoms with van der Waals surface area (Å²) in [5.41, 5.74) is 6.66. The van der Waals surface area contributed by atoms with Crippen LogP contribution in [0.1, 0.15) is 48.5 Å². The molecule has 4 heterocycles. The van der Waals surface area contributed by atoms with Crippen molar-refractivity contribution in [3.63, 3.8) is 0 Å². The second kappa shape index (κ2) is 14.2. The smallest absolute Gasteiger partial charge is 0.339 e. The minimum Gasteiger partial charge on any atom is -0.507 e. The van der Waals surface area contributed by atoms with Crippen LogP contribution < -0.4 is 33.2 Å². The maximum absolute atomic E-state index is 12.8. The van der Waals surface area contributed by atoms with Crippen molar-refractivity contribution in [3.05, 3.63) is 93.5 Å². The summed E-state index contributed by atoms with van der Waals surface area (Å²) in [5, 5.41) is 33.2. The number of phenols is 1. The third-order valence-corrected chi connectivity index (χ3v) is 10.9. The number of hydrogen-bond acceptors (Lipinski definition) is 14. The molecule has 14 heteroatoms. The van der Waals surface area contributed by atoms with E-state index in [9.17, 15) is 24.9 Å². The Morgan fingerprint density at radius 2 is 1.17 bits per heavy atom. The van der Waals surface area contributed by atoms with Crippen LogP contribution in [0.2, 0.25) is 0 Å². The molecule has 6 aromatic carbocycles. The second-order valence-corrected chi connectivity index (χ2v) is 13.8. The van der Waals surface area contributed by atoms with E-state index in [1.807, 2.05) is 31.2 Å². The second-order valence-electron chi connectivity index (χ2n) is 13.8. The van der Waals surface area contributed by atoms with Crippen molar-refractivity contribution in [2.24, 2.45) is 0 Å². The van der Waals surface area contributed by atoms with Gasteiger partial charge in [-0.3, -0.25) is 0 Å². The van der Waals surface area contributed by atoms with Crippen LogP contribution in [-0.2, 0) is 35.9 Å². The number of aliphatic hydroxyl groups is 2. The van der Waals surface area contributed by atoms with E-state index in [-0.39, 0.29) is 45.8 Å². The van der Waals surface area contributed by atoms with Crippen molar-refractivity contribution < 1.29 is 67.5 Å². The Hall–Kier alpha value is -6.90. The molecule has 0 saturated heterocycles. The number of cyclic esters (lactones) is 2. The highest BCUT2D eigenvalue weighted by Gasteiger charge is 2.35. The third kappa shape index (κ3) is 5.55. The summed E-state index contributed by atoms with van der Waals surface area (Å²) in [6, 6.07) is 16.4. The predicted octanol–water partition coefficient (Wildman–Crippen LogP) is 6.84. The fourth-order valence-corrected chi connectivity index (χ4v) is 8.24. The van der Waals surface area contributed by atoms with Gasteiger partial charge in [-0.05, 0) is 82.4 Å². The Bertz CT molecular complexity index is 2740. The van der Waals surface area contributed by atoms with Crippen LogP contribution in [0.25, 0.3) is 43.8 Å². The number of phenolic OH excluding ortho intramolecular Hbond substituents is 1. The van der Waals surface area contributed by atoms with Gasteiger partial charge in [0.15, 0.2) is 23.0 Å². The van der Waals surface area contributed by atoms with E-state index in [0.717, 1.165) is 22.4 Å². The minimum absolute atomic E-state index is 0.0399. The van der Waals surface area contributed by atoms with Crippen molar-refractivity contribution >= 4 is 33.5 Å². The molecule has 0 atom stereocenters. The molecule has 14 nitrogen and oxygen atoms in total. The maximum Gasteiger partial charge on any atom is 0.339 e. The lowest BCUT2D eigenvalue weighted by atomic mass is 9.87. The Balaban J connectivity index is 0.000000152. The first-order chi connectivity index (χ1) is 28.2. The average molecular weight is 789 g/mol. The van der Waals surface area contributed by atoms with E-state index in [1.165, 1.54) is 14.2 Å². The first kappa shape index (κ1) is 36.7. The summed E-state index contributed by atoms with van der Waals surface area (Å²) in [7, 11) is 4.62. The molecule has 0 fully saturated rings. The van der Waals surface area contributed by atoms with Crippen LogP contribution in [0.4, 0.5) is 0 Å². The summed E-state index contributed by atoms with van der Waals surface area (Å²) in [5.74, 6) is 3.07. The standard InChI is InChI=1S/C23H20O8.C21H16O6/c1-27-21-14(8-25)12(7-24)5-13-18(11-3-4-16-17(6-11)31-10-30-16)19-15(9-29-23(19)26)22(28-2)20(13)21;1-10-5-11(3-4-15(10)24-2)18-12-6-16-17(27-9-26-16)7-13(12)20(22)14-8-25-21(23)19(14)18/h3-6,24-25H,7-10H2,1-2H3;3-7,22H,8-9H2,1-2H3. The molecule has 0 aromatic heterocycles. The topological polar surface area (TPSA) is 178 Å². The Morgan fingerprint density at radius 3 is 1.81 bits per heavy atom. The van der Waals surface area contributed by atoms with Gasteiger partial charge in [-0.25, -0.2) is 9.59 Å². The SMILES string of the molecule is COc1c(CO)c(CO)cc2c(-c3ccc4c(c3)OCO4)c3c(c(OC)c12)COC3=O.COc1ccc(-c2c3c(c(O)c4cc5c(cc24)OCO5)COC3=O)cc1C. The van der Waals surface area contributed by atoms with Gasteiger partial charge in [0, 0.05) is 33.2 Å². The van der Waals surface area contributed by atoms with Crippen LogP contribution in [0, 0.1) is 6.92 Å². The van der Waals surface area contributed by atoms with Crippen molar-refractivity contribution in [2.75, 3.05) is 34.9 Å². The molecule has 58 heavy (non-hydrogen) atoms. The molecule has 0 unspecified atom stereocenters. The van der Waals surface area contributed by atoms with E-state index in [1.54, 1.807) is 37.4 Å². The molecule has 4 aliphatic heterocycles. The lowest BCUT2D eigenvalue weighted by Gasteiger charge is -2.21. The van der Waals surface area contributed by atoms with E-state index < -0.39 is 11.9 Å². The van der Waals surface area contributed by atoms with Crippen molar-refractivity contribution in [1.29, 1.82) is 0 Å². The van der Waals surface area contributed by atoms with Crippen LogP contribution in [0.15, 0.2) is 54.6 Å². The average Bonchev–Trinajstić information content (AvgIpc) is 4.06. The molecule has 3 N–H and O–H groups in total. The lowest BCUT2D eigenvalue weighted by molar-refractivity contribution is 0.0525. The Kier molecular flexibility index (Phi) is 9.02. The number of aliphatic hydroxyl groups excluding tert-OH is 2. The van der Waals surface area contributed by atoms with Crippen LogP contribution in [-0.4, -0.2) is 62.2 Å². The molecule has 0 spiro atoms. The van der Waals surface area contributed by atoms with Gasteiger partial charge < -0.3 is 58.0 Å². The number of rotatable bonds is 7. The number of esters is 2. The quantitative estimate of drug-likeness (QED) is 0.143. The third-order valence-electron chi connectivity index (χ3n) is 10.9. The minimum atomic E-state index is -0.460. The summed E-state index contributed by atoms with van der Waals surface area (Å²) < 4.78 is 49.2. The maximum atomic E-state index is 12.8. The first-order valence-electron chi connectivity index (χ1n) is 18.2. The zero-order valence-electron chi connectivity index (χ0n) is 31.8. The van der Waals surface area contributed by atoms with Gasteiger partial charge in [0.05, 0.1) is 51.1 Å². The molecular formula is C44H36O14. The number of ether oxygens (including phenoxy) is 9. The number of aromatic hydroxyl groups is 1. The molecule has 0 bridgehead atoms. The highest BCUT2D eigenvalue weighted by atomic mass is 16.7. The van der Waals surface area contributed by atoms with Gasteiger partial charge in [0.1, 0.15) is 36.2 Å². The summed E-state index contributed by atoms with van der Waals surface area (Å²) in [4.78, 5) is 25.3. The molecule has 0 radical (unpaired) electrons. The molecule has 6 aromatic rings. The fraction of sp³-hybridized carbons (Fsp3) is 0.227. The van der Waals surface area contributed by atoms with E-state index in [4.69, 9.17) is 42.6 Å². The molecule has 4 aliphatic rings. The van der Waals surface area contributed by atoms with Gasteiger partial charge in [-0.1, -0.05) is 12.1 Å². The Morgan fingerprint density at radius 1 is 0.586 bits per heavy atom. The van der Waals surface area contributed by atoms with Gasteiger partial charge in [0.25, 0.3) is 0 Å². The fourth-order valence-electron chi connectivity index (χ4n) is 8.24. The van der Waals surface area contributed by atoms with Gasteiger partial charge in [-0.2, -0.15) is 0 Å².